The second-order valence-electron chi connectivity index (χ2n) is 7.42. The number of methoxy groups -OCH3 is 1. The Balaban J connectivity index is 2.21. The lowest BCUT2D eigenvalue weighted by molar-refractivity contribution is -0.156. The number of piperidine rings is 1. The van der Waals surface area contributed by atoms with E-state index in [9.17, 15) is 14.4 Å². The normalized spacial score (nSPS) is 24.7. The number of hydrogen-bond acceptors (Lipinski definition) is 5. The fourth-order valence-corrected chi connectivity index (χ4v) is 3.36. The summed E-state index contributed by atoms with van der Waals surface area (Å²) in [6, 6.07) is -0.910. The van der Waals surface area contributed by atoms with Crippen LogP contribution in [0.1, 0.15) is 46.5 Å². The van der Waals surface area contributed by atoms with E-state index in [-0.39, 0.29) is 5.91 Å². The maximum absolute atomic E-state index is 12.8. The van der Waals surface area contributed by atoms with Crippen LogP contribution in [0.3, 0.4) is 0 Å². The van der Waals surface area contributed by atoms with Crippen LogP contribution in [-0.4, -0.2) is 66.2 Å². The van der Waals surface area contributed by atoms with Gasteiger partial charge in [0.1, 0.15) is 11.6 Å². The Hall–Kier alpha value is -1.79. The Bertz CT molecular complexity index is 494. The molecule has 0 radical (unpaired) electrons. The summed E-state index contributed by atoms with van der Waals surface area (Å²) < 4.78 is 10.3. The van der Waals surface area contributed by atoms with Crippen LogP contribution in [0, 0.1) is 5.92 Å². The third-order valence-electron chi connectivity index (χ3n) is 4.44. The number of hydrogen-bond donors (Lipinski definition) is 0. The molecular weight excluding hydrogens is 312 g/mol. The second kappa shape index (κ2) is 7.40. The molecule has 2 fully saturated rings. The molecule has 24 heavy (non-hydrogen) atoms. The molecule has 2 aliphatic heterocycles. The largest absolute Gasteiger partial charge is 0.467 e. The number of esters is 1. The monoisotopic (exact) mass is 340 g/mol. The Morgan fingerprint density at radius 3 is 2.17 bits per heavy atom. The Kier molecular flexibility index (Phi) is 5.72. The predicted octanol–water partition coefficient (Wildman–Crippen LogP) is 1.80. The first-order valence-corrected chi connectivity index (χ1v) is 8.61. The van der Waals surface area contributed by atoms with Crippen molar-refractivity contribution in [1.82, 2.24) is 9.80 Å². The van der Waals surface area contributed by atoms with Gasteiger partial charge in [0.05, 0.1) is 13.0 Å². The van der Waals surface area contributed by atoms with Crippen molar-refractivity contribution in [2.75, 3.05) is 26.7 Å². The summed E-state index contributed by atoms with van der Waals surface area (Å²) in [5, 5.41) is 0. The molecule has 2 amide bonds. The van der Waals surface area contributed by atoms with Crippen LogP contribution in [0.5, 0.6) is 0 Å². The standard InChI is InChI=1S/C17H28N2O5/c1-17(2,3)24-16(22)19-11-7-8-12(13(19)15(21)23-4)14(20)18-9-5-6-10-18/h12-13H,5-11H2,1-4H3/t12-,13+/m0/s1. The lowest BCUT2D eigenvalue weighted by atomic mass is 9.88. The zero-order valence-corrected chi connectivity index (χ0v) is 15.0. The second-order valence-corrected chi connectivity index (χ2v) is 7.42. The van der Waals surface area contributed by atoms with Crippen molar-refractivity contribution >= 4 is 18.0 Å². The molecule has 0 aromatic rings. The maximum Gasteiger partial charge on any atom is 0.411 e. The number of carbonyl (C=O) groups excluding carboxylic acids is 3. The highest BCUT2D eigenvalue weighted by Crippen LogP contribution is 2.29. The topological polar surface area (TPSA) is 76.2 Å². The molecule has 0 saturated carbocycles. The minimum Gasteiger partial charge on any atom is -0.467 e. The van der Waals surface area contributed by atoms with Crippen LogP contribution < -0.4 is 0 Å². The summed E-state index contributed by atoms with van der Waals surface area (Å²) in [4.78, 5) is 40.8. The molecule has 2 saturated heterocycles. The highest BCUT2D eigenvalue weighted by atomic mass is 16.6. The van der Waals surface area contributed by atoms with Crippen molar-refractivity contribution in [3.05, 3.63) is 0 Å². The third-order valence-corrected chi connectivity index (χ3v) is 4.44. The lowest BCUT2D eigenvalue weighted by Gasteiger charge is -2.40. The molecule has 0 spiro atoms. The quantitative estimate of drug-likeness (QED) is 0.717. The van der Waals surface area contributed by atoms with E-state index in [1.807, 2.05) is 0 Å². The van der Waals surface area contributed by atoms with Gasteiger partial charge in [-0.3, -0.25) is 9.69 Å². The molecule has 136 valence electrons. The Morgan fingerprint density at radius 1 is 1.00 bits per heavy atom. The average molecular weight is 340 g/mol. The van der Waals surface area contributed by atoms with Crippen molar-refractivity contribution in [3.63, 3.8) is 0 Å². The minimum atomic E-state index is -0.910. The number of carbonyl (C=O) groups is 3. The molecule has 2 heterocycles. The number of nitrogens with zero attached hydrogens (tertiary/aromatic N) is 2. The maximum atomic E-state index is 12.8. The summed E-state index contributed by atoms with van der Waals surface area (Å²) in [6.07, 6.45) is 2.64. The molecule has 0 N–H and O–H groups in total. The van der Waals surface area contributed by atoms with E-state index >= 15 is 0 Å². The summed E-state index contributed by atoms with van der Waals surface area (Å²) in [7, 11) is 1.28. The lowest BCUT2D eigenvalue weighted by Crippen LogP contribution is -2.57. The van der Waals surface area contributed by atoms with Crippen LogP contribution in [0.2, 0.25) is 0 Å². The van der Waals surface area contributed by atoms with Gasteiger partial charge in [0.15, 0.2) is 0 Å². The van der Waals surface area contributed by atoms with Gasteiger partial charge in [0.2, 0.25) is 5.91 Å². The van der Waals surface area contributed by atoms with Crippen molar-refractivity contribution in [2.24, 2.45) is 5.92 Å². The Labute approximate surface area is 143 Å². The zero-order valence-electron chi connectivity index (χ0n) is 15.0. The van der Waals surface area contributed by atoms with Gasteiger partial charge in [-0.2, -0.15) is 0 Å². The number of amides is 2. The van der Waals surface area contributed by atoms with Crippen molar-refractivity contribution in [1.29, 1.82) is 0 Å². The van der Waals surface area contributed by atoms with Gasteiger partial charge >= 0.3 is 12.1 Å². The highest BCUT2D eigenvalue weighted by Gasteiger charge is 2.46. The molecule has 0 aromatic carbocycles. The van der Waals surface area contributed by atoms with Gasteiger partial charge in [-0.15, -0.1) is 0 Å². The van der Waals surface area contributed by atoms with Crippen LogP contribution >= 0.6 is 0 Å². The smallest absolute Gasteiger partial charge is 0.411 e. The molecule has 2 atom stereocenters. The molecule has 0 bridgehead atoms. The fraction of sp³-hybridized carbons (Fsp3) is 0.824. The molecule has 2 aliphatic rings. The van der Waals surface area contributed by atoms with Gasteiger partial charge < -0.3 is 14.4 Å². The molecular formula is C17H28N2O5. The summed E-state index contributed by atoms with van der Waals surface area (Å²) in [5.74, 6) is -1.17. The van der Waals surface area contributed by atoms with E-state index in [4.69, 9.17) is 9.47 Å². The zero-order chi connectivity index (χ0) is 17.9. The third kappa shape index (κ3) is 4.19. The van der Waals surface area contributed by atoms with E-state index in [0.717, 1.165) is 25.9 Å². The first-order valence-electron chi connectivity index (χ1n) is 8.61. The number of ether oxygens (including phenoxy) is 2. The van der Waals surface area contributed by atoms with Gasteiger partial charge in [0.25, 0.3) is 0 Å². The number of likely N-dealkylation sites (tertiary alicyclic amines) is 2. The molecule has 7 heteroatoms. The van der Waals surface area contributed by atoms with Crippen molar-refractivity contribution in [2.45, 2.75) is 58.1 Å². The SMILES string of the molecule is COC(=O)[C@H]1[C@@H](C(=O)N2CCCC2)CCCN1C(=O)OC(C)(C)C. The van der Waals surface area contributed by atoms with E-state index in [2.05, 4.69) is 0 Å². The van der Waals surface area contributed by atoms with Crippen molar-refractivity contribution in [3.8, 4) is 0 Å². The van der Waals surface area contributed by atoms with Crippen molar-refractivity contribution < 1.29 is 23.9 Å². The van der Waals surface area contributed by atoms with Gasteiger partial charge in [0, 0.05) is 19.6 Å². The van der Waals surface area contributed by atoms with E-state index in [1.165, 1.54) is 12.0 Å². The fourth-order valence-electron chi connectivity index (χ4n) is 3.36. The average Bonchev–Trinajstić information content (AvgIpc) is 3.05. The van der Waals surface area contributed by atoms with Gasteiger partial charge in [-0.25, -0.2) is 9.59 Å². The number of rotatable bonds is 2. The molecule has 0 aliphatic carbocycles. The predicted molar refractivity (Wildman–Crippen MR) is 87.3 cm³/mol. The van der Waals surface area contributed by atoms with Crippen LogP contribution in [-0.2, 0) is 19.1 Å². The van der Waals surface area contributed by atoms with E-state index in [1.54, 1.807) is 25.7 Å². The highest BCUT2D eigenvalue weighted by molar-refractivity contribution is 5.90. The van der Waals surface area contributed by atoms with Gasteiger partial charge in [-0.05, 0) is 46.5 Å². The van der Waals surface area contributed by atoms with E-state index < -0.39 is 29.6 Å². The van der Waals surface area contributed by atoms with Crippen LogP contribution in [0.25, 0.3) is 0 Å². The molecule has 7 nitrogen and oxygen atoms in total. The van der Waals surface area contributed by atoms with Gasteiger partial charge in [-0.1, -0.05) is 0 Å². The Morgan fingerprint density at radius 2 is 1.62 bits per heavy atom. The van der Waals surface area contributed by atoms with Crippen LogP contribution in [0.4, 0.5) is 4.79 Å². The van der Waals surface area contributed by atoms with E-state index in [0.29, 0.717) is 19.4 Å². The first-order chi connectivity index (χ1) is 11.2. The summed E-state index contributed by atoms with van der Waals surface area (Å²) in [5.41, 5.74) is -0.663. The first kappa shape index (κ1) is 18.5. The van der Waals surface area contributed by atoms with Crippen LogP contribution in [0.15, 0.2) is 0 Å². The summed E-state index contributed by atoms with van der Waals surface area (Å²) in [6.45, 7) is 7.14. The summed E-state index contributed by atoms with van der Waals surface area (Å²) >= 11 is 0. The minimum absolute atomic E-state index is 0.0591. The molecule has 0 unspecified atom stereocenters. The molecule has 2 rings (SSSR count). The molecule has 0 aromatic heterocycles.